The number of rotatable bonds is 8. The van der Waals surface area contributed by atoms with E-state index in [4.69, 9.17) is 0 Å². The normalized spacial score (nSPS) is 22.3. The van der Waals surface area contributed by atoms with Crippen molar-refractivity contribution in [2.24, 2.45) is 11.3 Å². The molecule has 148 valence electrons. The Hall–Kier alpha value is -0.900. The highest BCUT2D eigenvalue weighted by Crippen LogP contribution is 2.26. The van der Waals surface area contributed by atoms with Gasteiger partial charge >= 0.3 is 0 Å². The van der Waals surface area contributed by atoms with Crippen molar-refractivity contribution < 1.29 is 0 Å². The summed E-state index contributed by atoms with van der Waals surface area (Å²) >= 11 is 0. The molecular weight excluding hydrogens is 318 g/mol. The van der Waals surface area contributed by atoms with E-state index in [0.29, 0.717) is 17.5 Å². The first-order valence-corrected chi connectivity index (χ1v) is 10.5. The molecular formula is C23H41N3. The summed E-state index contributed by atoms with van der Waals surface area (Å²) in [5.41, 5.74) is 1.81. The van der Waals surface area contributed by atoms with Gasteiger partial charge in [-0.2, -0.15) is 0 Å². The van der Waals surface area contributed by atoms with Crippen LogP contribution in [0.4, 0.5) is 0 Å². The second kappa shape index (κ2) is 9.87. The van der Waals surface area contributed by atoms with Crippen molar-refractivity contribution in [1.29, 1.82) is 0 Å². The second-order valence-electron chi connectivity index (χ2n) is 9.38. The SMILES string of the molecule is CC[C@H](C)[C@@H]1CN([C@@H](CNC)Cc2ccccc2)CCN1CC(C)(C)C. The van der Waals surface area contributed by atoms with Crippen molar-refractivity contribution in [3.63, 3.8) is 0 Å². The molecule has 0 radical (unpaired) electrons. The molecule has 0 unspecified atom stereocenters. The molecule has 0 aliphatic carbocycles. The largest absolute Gasteiger partial charge is 0.318 e. The highest BCUT2D eigenvalue weighted by molar-refractivity contribution is 5.16. The number of nitrogens with zero attached hydrogens (tertiary/aromatic N) is 2. The van der Waals surface area contributed by atoms with Crippen LogP contribution in [0.25, 0.3) is 0 Å². The lowest BCUT2D eigenvalue weighted by atomic mass is 9.89. The van der Waals surface area contributed by atoms with Crippen molar-refractivity contribution >= 4 is 0 Å². The van der Waals surface area contributed by atoms with Crippen molar-refractivity contribution in [3.05, 3.63) is 35.9 Å². The van der Waals surface area contributed by atoms with Gasteiger partial charge in [0.25, 0.3) is 0 Å². The molecule has 3 atom stereocenters. The molecule has 1 aromatic carbocycles. The van der Waals surface area contributed by atoms with Gasteiger partial charge in [0.15, 0.2) is 0 Å². The van der Waals surface area contributed by atoms with Crippen LogP contribution in [0.5, 0.6) is 0 Å². The van der Waals surface area contributed by atoms with E-state index in [0.717, 1.165) is 18.9 Å². The van der Waals surface area contributed by atoms with E-state index in [1.54, 1.807) is 0 Å². The zero-order valence-corrected chi connectivity index (χ0v) is 18.0. The summed E-state index contributed by atoms with van der Waals surface area (Å²) in [6.07, 6.45) is 2.39. The third-order valence-electron chi connectivity index (χ3n) is 5.81. The number of likely N-dealkylation sites (N-methyl/N-ethyl adjacent to an activating group) is 1. The molecule has 1 N–H and O–H groups in total. The van der Waals surface area contributed by atoms with Crippen LogP contribution in [0.3, 0.4) is 0 Å². The Morgan fingerprint density at radius 2 is 1.85 bits per heavy atom. The van der Waals surface area contributed by atoms with Crippen LogP contribution in [-0.4, -0.2) is 61.7 Å². The molecule has 0 saturated carbocycles. The summed E-state index contributed by atoms with van der Waals surface area (Å²) in [5, 5.41) is 3.44. The Morgan fingerprint density at radius 1 is 1.15 bits per heavy atom. The lowest BCUT2D eigenvalue weighted by molar-refractivity contribution is 0.00606. The average Bonchev–Trinajstić information content (AvgIpc) is 2.60. The van der Waals surface area contributed by atoms with Gasteiger partial charge in [0.05, 0.1) is 0 Å². The van der Waals surface area contributed by atoms with Crippen LogP contribution in [0, 0.1) is 11.3 Å². The van der Waals surface area contributed by atoms with Gasteiger partial charge in [-0.15, -0.1) is 0 Å². The molecule has 1 aliphatic rings. The van der Waals surface area contributed by atoms with Gasteiger partial charge in [-0.05, 0) is 30.4 Å². The minimum absolute atomic E-state index is 0.363. The van der Waals surface area contributed by atoms with Crippen molar-refractivity contribution in [2.75, 3.05) is 39.8 Å². The maximum absolute atomic E-state index is 3.44. The van der Waals surface area contributed by atoms with Gasteiger partial charge < -0.3 is 5.32 Å². The van der Waals surface area contributed by atoms with Crippen LogP contribution >= 0.6 is 0 Å². The molecule has 1 heterocycles. The maximum atomic E-state index is 3.44. The Bertz CT molecular complexity index is 508. The van der Waals surface area contributed by atoms with E-state index in [2.05, 4.69) is 87.1 Å². The van der Waals surface area contributed by atoms with Crippen LogP contribution in [0.15, 0.2) is 30.3 Å². The van der Waals surface area contributed by atoms with Gasteiger partial charge in [0.2, 0.25) is 0 Å². The van der Waals surface area contributed by atoms with Gasteiger partial charge in [-0.3, -0.25) is 9.80 Å². The van der Waals surface area contributed by atoms with Crippen molar-refractivity contribution in [3.8, 4) is 0 Å². The van der Waals surface area contributed by atoms with Crippen molar-refractivity contribution in [2.45, 2.75) is 59.5 Å². The number of nitrogens with one attached hydrogen (secondary N) is 1. The van der Waals surface area contributed by atoms with E-state index in [1.165, 1.54) is 38.2 Å². The smallest absolute Gasteiger partial charge is 0.0262 e. The molecule has 1 aliphatic heterocycles. The molecule has 3 nitrogen and oxygen atoms in total. The maximum Gasteiger partial charge on any atom is 0.0262 e. The molecule has 3 heteroatoms. The number of benzene rings is 1. The fraction of sp³-hybridized carbons (Fsp3) is 0.739. The molecule has 2 rings (SSSR count). The van der Waals surface area contributed by atoms with Crippen LogP contribution < -0.4 is 5.32 Å². The van der Waals surface area contributed by atoms with Gasteiger partial charge in [0.1, 0.15) is 0 Å². The second-order valence-corrected chi connectivity index (χ2v) is 9.38. The van der Waals surface area contributed by atoms with Crippen molar-refractivity contribution in [1.82, 2.24) is 15.1 Å². The Balaban J connectivity index is 2.10. The highest BCUT2D eigenvalue weighted by atomic mass is 15.3. The minimum Gasteiger partial charge on any atom is -0.318 e. The number of hydrogen-bond donors (Lipinski definition) is 1. The van der Waals surface area contributed by atoms with E-state index < -0.39 is 0 Å². The van der Waals surface area contributed by atoms with E-state index in [-0.39, 0.29) is 0 Å². The van der Waals surface area contributed by atoms with E-state index in [1.807, 2.05) is 0 Å². The van der Waals surface area contributed by atoms with Crippen LogP contribution in [0.2, 0.25) is 0 Å². The predicted molar refractivity (Wildman–Crippen MR) is 114 cm³/mol. The molecule has 1 fully saturated rings. The van der Waals surface area contributed by atoms with Crippen LogP contribution in [-0.2, 0) is 6.42 Å². The lowest BCUT2D eigenvalue weighted by Gasteiger charge is -2.48. The molecule has 26 heavy (non-hydrogen) atoms. The Morgan fingerprint density at radius 3 is 2.42 bits per heavy atom. The van der Waals surface area contributed by atoms with E-state index in [9.17, 15) is 0 Å². The summed E-state index contributed by atoms with van der Waals surface area (Å²) in [6.45, 7) is 17.7. The first kappa shape index (κ1) is 21.4. The number of piperazine rings is 1. The fourth-order valence-electron chi connectivity index (χ4n) is 4.27. The fourth-order valence-corrected chi connectivity index (χ4v) is 4.27. The first-order chi connectivity index (χ1) is 12.3. The average molecular weight is 360 g/mol. The summed E-state index contributed by atoms with van der Waals surface area (Å²) < 4.78 is 0. The third kappa shape index (κ3) is 6.37. The van der Waals surface area contributed by atoms with Gasteiger partial charge in [0, 0.05) is 44.8 Å². The molecule has 0 aromatic heterocycles. The molecule has 0 spiro atoms. The topological polar surface area (TPSA) is 18.5 Å². The Kier molecular flexibility index (Phi) is 8.12. The summed E-state index contributed by atoms with van der Waals surface area (Å²) in [7, 11) is 2.08. The lowest BCUT2D eigenvalue weighted by Crippen LogP contribution is -2.60. The molecule has 1 aromatic rings. The zero-order chi connectivity index (χ0) is 19.2. The minimum atomic E-state index is 0.363. The Labute approximate surface area is 162 Å². The predicted octanol–water partition coefficient (Wildman–Crippen LogP) is 3.90. The quantitative estimate of drug-likeness (QED) is 0.759. The van der Waals surface area contributed by atoms with E-state index >= 15 is 0 Å². The third-order valence-corrected chi connectivity index (χ3v) is 5.81. The summed E-state index contributed by atoms with van der Waals surface area (Å²) in [5.74, 6) is 0.743. The summed E-state index contributed by atoms with van der Waals surface area (Å²) in [4.78, 5) is 5.52. The monoisotopic (exact) mass is 359 g/mol. The zero-order valence-electron chi connectivity index (χ0n) is 18.0. The highest BCUT2D eigenvalue weighted by Gasteiger charge is 2.34. The molecule has 0 amide bonds. The molecule has 1 saturated heterocycles. The first-order valence-electron chi connectivity index (χ1n) is 10.5. The standard InChI is InChI=1S/C23H41N3/c1-7-19(2)22-17-25(13-14-26(22)18-23(3,4)5)21(16-24-6)15-20-11-9-8-10-12-20/h8-12,19,21-22,24H,7,13-18H2,1-6H3/t19-,21+,22-/m0/s1. The van der Waals surface area contributed by atoms with Crippen LogP contribution in [0.1, 0.15) is 46.6 Å². The molecule has 0 bridgehead atoms. The number of hydrogen-bond acceptors (Lipinski definition) is 3. The van der Waals surface area contributed by atoms with Gasteiger partial charge in [-0.25, -0.2) is 0 Å². The summed E-state index contributed by atoms with van der Waals surface area (Å²) in [6, 6.07) is 12.2. The van der Waals surface area contributed by atoms with Gasteiger partial charge in [-0.1, -0.05) is 71.4 Å².